The number of allylic oxidation sites excluding steroid dienone is 5. The number of carbonyl (C=O) groups is 1. The highest BCUT2D eigenvalue weighted by molar-refractivity contribution is 5.76. The maximum Gasteiger partial charge on any atom is 0.220 e. The Hall–Kier alpha value is -1.79. The Morgan fingerprint density at radius 2 is 0.725 bits per heavy atom. The van der Waals surface area contributed by atoms with E-state index in [0.29, 0.717) is 6.42 Å². The molecule has 0 aromatic heterocycles. The zero-order valence-electron chi connectivity index (χ0n) is 58.6. The molecule has 0 spiro atoms. The van der Waals surface area contributed by atoms with E-state index in [9.17, 15) is 45.6 Å². The van der Waals surface area contributed by atoms with Crippen molar-refractivity contribution in [2.75, 3.05) is 19.8 Å². The van der Waals surface area contributed by atoms with Crippen LogP contribution in [0.2, 0.25) is 0 Å². The summed E-state index contributed by atoms with van der Waals surface area (Å²) >= 11 is 0. The van der Waals surface area contributed by atoms with E-state index in [1.54, 1.807) is 6.08 Å². The van der Waals surface area contributed by atoms with E-state index in [2.05, 4.69) is 43.5 Å². The van der Waals surface area contributed by atoms with Gasteiger partial charge in [-0.3, -0.25) is 4.79 Å². The number of amides is 1. The zero-order valence-corrected chi connectivity index (χ0v) is 58.6. The van der Waals surface area contributed by atoms with Crippen molar-refractivity contribution in [1.29, 1.82) is 0 Å². The molecule has 0 radical (unpaired) electrons. The molecule has 9 N–H and O–H groups in total. The summed E-state index contributed by atoms with van der Waals surface area (Å²) in [6, 6.07) is -0.915. The van der Waals surface area contributed by atoms with Gasteiger partial charge in [-0.05, 0) is 51.4 Å². The fourth-order valence-corrected chi connectivity index (χ4v) is 12.9. The molecule has 0 aromatic carbocycles. The van der Waals surface area contributed by atoms with Crippen LogP contribution in [0.3, 0.4) is 0 Å². The number of hydrogen-bond donors (Lipinski definition) is 9. The first-order valence-electron chi connectivity index (χ1n) is 38.7. The standard InChI is InChI=1S/C77H145NO13/c1-3-5-7-9-11-13-15-17-19-21-23-25-27-29-31-32-33-34-35-37-39-41-43-45-47-49-51-53-55-57-59-61-69(82)78-65(64-88-76-74(87)72(85)75(68(63-80)90-76)91-77-73(86)71(84)70(83)67(62-79)89-77)66(81)60-58-56-54-52-50-48-46-44-42-40-38-36-30-28-26-24-22-20-18-16-14-12-10-8-6-4-2/h15,17,21,23,58,60,65-68,70-77,79-81,83-87H,3-14,16,18-20,22,24-57,59,61-64H2,1-2H3,(H,78,82)/b17-15-,23-21-,60-58+. The van der Waals surface area contributed by atoms with Gasteiger partial charge in [0.1, 0.15) is 48.8 Å². The summed E-state index contributed by atoms with van der Waals surface area (Å²) in [5.74, 6) is -0.232. The lowest BCUT2D eigenvalue weighted by Gasteiger charge is -2.46. The predicted molar refractivity (Wildman–Crippen MR) is 374 cm³/mol. The molecule has 12 atom stereocenters. The Bertz CT molecular complexity index is 1670. The Morgan fingerprint density at radius 3 is 1.10 bits per heavy atom. The third-order valence-corrected chi connectivity index (χ3v) is 19.1. The molecule has 2 aliphatic rings. The second kappa shape index (κ2) is 61.8. The summed E-state index contributed by atoms with van der Waals surface area (Å²) < 4.78 is 22.9. The molecule has 1 amide bonds. The Labute approximate surface area is 557 Å². The molecular formula is C77H145NO13. The molecule has 0 aromatic rings. The summed E-state index contributed by atoms with van der Waals surface area (Å²) in [5, 5.41) is 87.6. The van der Waals surface area contributed by atoms with E-state index in [1.165, 1.54) is 283 Å². The maximum absolute atomic E-state index is 13.4. The first-order valence-corrected chi connectivity index (χ1v) is 38.7. The van der Waals surface area contributed by atoms with Crippen LogP contribution in [-0.2, 0) is 23.7 Å². The Morgan fingerprint density at radius 1 is 0.396 bits per heavy atom. The van der Waals surface area contributed by atoms with Gasteiger partial charge in [-0.1, -0.05) is 333 Å². The number of aliphatic hydroxyl groups excluding tert-OH is 8. The van der Waals surface area contributed by atoms with Gasteiger partial charge in [0.2, 0.25) is 5.91 Å². The van der Waals surface area contributed by atoms with Crippen molar-refractivity contribution in [3.63, 3.8) is 0 Å². The maximum atomic E-state index is 13.4. The van der Waals surface area contributed by atoms with Gasteiger partial charge in [0.25, 0.3) is 0 Å². The average Bonchev–Trinajstić information content (AvgIpc) is 1.25. The second-order valence-corrected chi connectivity index (χ2v) is 27.5. The van der Waals surface area contributed by atoms with Crippen molar-refractivity contribution in [1.82, 2.24) is 5.32 Å². The number of hydrogen-bond acceptors (Lipinski definition) is 13. The number of aliphatic hydroxyl groups is 8. The summed E-state index contributed by atoms with van der Waals surface area (Å²) in [6.07, 6.45) is 63.6. The number of carbonyl (C=O) groups excluding carboxylic acids is 1. The van der Waals surface area contributed by atoms with Crippen LogP contribution in [0.1, 0.15) is 354 Å². The van der Waals surface area contributed by atoms with Crippen LogP contribution < -0.4 is 5.32 Å². The first-order chi connectivity index (χ1) is 44.6. The van der Waals surface area contributed by atoms with Crippen LogP contribution in [0, 0.1) is 0 Å². The molecule has 0 aliphatic carbocycles. The van der Waals surface area contributed by atoms with Crippen LogP contribution in [0.4, 0.5) is 0 Å². The smallest absolute Gasteiger partial charge is 0.220 e. The molecule has 14 nitrogen and oxygen atoms in total. The molecule has 2 aliphatic heterocycles. The molecule has 0 saturated carbocycles. The number of ether oxygens (including phenoxy) is 4. The van der Waals surface area contributed by atoms with E-state index in [-0.39, 0.29) is 18.9 Å². The van der Waals surface area contributed by atoms with Gasteiger partial charge in [-0.15, -0.1) is 0 Å². The van der Waals surface area contributed by atoms with E-state index in [0.717, 1.165) is 44.9 Å². The highest BCUT2D eigenvalue weighted by Crippen LogP contribution is 2.30. The van der Waals surface area contributed by atoms with Crippen LogP contribution in [0.15, 0.2) is 36.5 Å². The fourth-order valence-electron chi connectivity index (χ4n) is 12.9. The quantitative estimate of drug-likeness (QED) is 0.0204. The lowest BCUT2D eigenvalue weighted by Crippen LogP contribution is -2.65. The molecule has 2 fully saturated rings. The molecule has 2 saturated heterocycles. The minimum atomic E-state index is -1.79. The van der Waals surface area contributed by atoms with Gasteiger partial charge in [-0.25, -0.2) is 0 Å². The number of rotatable bonds is 65. The van der Waals surface area contributed by atoms with Gasteiger partial charge in [0.05, 0.1) is 32.0 Å². The molecule has 91 heavy (non-hydrogen) atoms. The molecule has 2 rings (SSSR count). The Kier molecular flexibility index (Phi) is 57.9. The minimum absolute atomic E-state index is 0.232. The monoisotopic (exact) mass is 1290 g/mol. The molecule has 14 heteroatoms. The lowest BCUT2D eigenvalue weighted by atomic mass is 9.97. The molecule has 2 heterocycles. The van der Waals surface area contributed by atoms with Crippen molar-refractivity contribution < 1.29 is 64.6 Å². The minimum Gasteiger partial charge on any atom is -0.394 e. The summed E-state index contributed by atoms with van der Waals surface area (Å²) in [4.78, 5) is 13.4. The van der Waals surface area contributed by atoms with Crippen LogP contribution in [0.5, 0.6) is 0 Å². The normalized spacial score (nSPS) is 22.9. The first kappa shape index (κ1) is 85.3. The van der Waals surface area contributed by atoms with E-state index in [4.69, 9.17) is 18.9 Å². The van der Waals surface area contributed by atoms with Crippen molar-refractivity contribution in [3.8, 4) is 0 Å². The number of unbranched alkanes of at least 4 members (excludes halogenated alkanes) is 48. The molecule has 12 unspecified atom stereocenters. The Balaban J connectivity index is 1.63. The van der Waals surface area contributed by atoms with Gasteiger partial charge >= 0.3 is 0 Å². The highest BCUT2D eigenvalue weighted by Gasteiger charge is 2.51. The van der Waals surface area contributed by atoms with Gasteiger partial charge in [-0.2, -0.15) is 0 Å². The molecular weight excluding hydrogens is 1150 g/mol. The third kappa shape index (κ3) is 45.4. The van der Waals surface area contributed by atoms with Crippen LogP contribution in [0.25, 0.3) is 0 Å². The largest absolute Gasteiger partial charge is 0.394 e. The predicted octanol–water partition coefficient (Wildman–Crippen LogP) is 16.9. The summed E-state index contributed by atoms with van der Waals surface area (Å²) in [7, 11) is 0. The molecule has 536 valence electrons. The highest BCUT2D eigenvalue weighted by atomic mass is 16.7. The van der Waals surface area contributed by atoms with E-state index < -0.39 is 86.8 Å². The average molecular weight is 1290 g/mol. The van der Waals surface area contributed by atoms with E-state index in [1.807, 2.05) is 6.08 Å². The second-order valence-electron chi connectivity index (χ2n) is 27.5. The topological polar surface area (TPSA) is 228 Å². The van der Waals surface area contributed by atoms with Gasteiger partial charge < -0.3 is 65.1 Å². The van der Waals surface area contributed by atoms with Crippen molar-refractivity contribution in [2.45, 2.75) is 428 Å². The summed E-state index contributed by atoms with van der Waals surface area (Å²) in [5.41, 5.74) is 0. The number of nitrogens with one attached hydrogen (secondary N) is 1. The molecule has 0 bridgehead atoms. The fraction of sp³-hybridized carbons (Fsp3) is 0.909. The van der Waals surface area contributed by atoms with Crippen molar-refractivity contribution in [2.24, 2.45) is 0 Å². The zero-order chi connectivity index (χ0) is 65.9. The lowest BCUT2D eigenvalue weighted by molar-refractivity contribution is -0.359. The van der Waals surface area contributed by atoms with E-state index >= 15 is 0 Å². The van der Waals surface area contributed by atoms with Crippen LogP contribution in [-0.4, -0.2) is 140 Å². The van der Waals surface area contributed by atoms with Gasteiger partial charge in [0.15, 0.2) is 12.6 Å². The van der Waals surface area contributed by atoms with Crippen molar-refractivity contribution >= 4 is 5.91 Å². The third-order valence-electron chi connectivity index (χ3n) is 19.1. The van der Waals surface area contributed by atoms with Crippen molar-refractivity contribution in [3.05, 3.63) is 36.5 Å². The van der Waals surface area contributed by atoms with Crippen LogP contribution >= 0.6 is 0 Å². The SMILES string of the molecule is CCCCCCC/C=C\C/C=C\CCCCCCCCCCCCCCCCCCCCCC(=O)NC(COC1OC(CO)C(OC2OC(CO)C(O)C(O)C2O)C(O)C1O)C(O)/C=C/CCCCCCCCCCCCCCCCCCCCCCCCCC. The summed E-state index contributed by atoms with van der Waals surface area (Å²) in [6.45, 7) is 2.85. The van der Waals surface area contributed by atoms with Gasteiger partial charge in [0, 0.05) is 6.42 Å².